The molecule has 0 radical (unpaired) electrons. The summed E-state index contributed by atoms with van der Waals surface area (Å²) in [6, 6.07) is 17.7. The van der Waals surface area contributed by atoms with Gasteiger partial charge in [0.1, 0.15) is 0 Å². The molecule has 1 aromatic heterocycles. The van der Waals surface area contributed by atoms with Crippen molar-refractivity contribution in [1.82, 2.24) is 5.16 Å². The molecular formula is C15H11BrN2O. The minimum atomic E-state index is 0.404. The number of anilines is 1. The molecule has 19 heavy (non-hydrogen) atoms. The monoisotopic (exact) mass is 314 g/mol. The van der Waals surface area contributed by atoms with Gasteiger partial charge in [-0.3, -0.25) is 0 Å². The van der Waals surface area contributed by atoms with Gasteiger partial charge in [0.15, 0.2) is 11.6 Å². The van der Waals surface area contributed by atoms with E-state index in [0.29, 0.717) is 11.6 Å². The lowest BCUT2D eigenvalue weighted by Gasteiger charge is -2.03. The third-order valence-corrected chi connectivity index (χ3v) is 3.36. The summed E-state index contributed by atoms with van der Waals surface area (Å²) >= 11 is 3.45. The topological polar surface area (TPSA) is 52.0 Å². The van der Waals surface area contributed by atoms with Crippen LogP contribution in [0, 0.1) is 0 Å². The zero-order chi connectivity index (χ0) is 13.2. The highest BCUT2D eigenvalue weighted by molar-refractivity contribution is 9.10. The van der Waals surface area contributed by atoms with E-state index in [9.17, 15) is 0 Å². The summed E-state index contributed by atoms with van der Waals surface area (Å²) in [6.45, 7) is 0. The Morgan fingerprint density at radius 2 is 1.68 bits per heavy atom. The molecule has 4 heteroatoms. The van der Waals surface area contributed by atoms with E-state index in [4.69, 9.17) is 10.3 Å². The number of rotatable bonds is 2. The number of hydrogen-bond donors (Lipinski definition) is 1. The Morgan fingerprint density at radius 3 is 2.42 bits per heavy atom. The fourth-order valence-corrected chi connectivity index (χ4v) is 2.41. The Kier molecular flexibility index (Phi) is 3.09. The number of nitrogen functional groups attached to an aromatic ring is 1. The lowest BCUT2D eigenvalue weighted by molar-refractivity contribution is 0.436. The number of nitrogens with zero attached hydrogens (tertiary/aromatic N) is 1. The molecule has 2 N–H and O–H groups in total. The molecule has 0 spiro atoms. The van der Waals surface area contributed by atoms with Crippen molar-refractivity contribution in [3.05, 3.63) is 59.1 Å². The van der Waals surface area contributed by atoms with Crippen LogP contribution in [0.1, 0.15) is 0 Å². The SMILES string of the molecule is Nc1noc(-c2cccc(Br)c2)c1-c1ccccc1. The first kappa shape index (κ1) is 12.0. The molecule has 2 aromatic carbocycles. The normalized spacial score (nSPS) is 10.6. The zero-order valence-corrected chi connectivity index (χ0v) is 11.6. The molecule has 3 rings (SSSR count). The molecule has 1 heterocycles. The van der Waals surface area contributed by atoms with Gasteiger partial charge in [-0.05, 0) is 17.7 Å². The summed E-state index contributed by atoms with van der Waals surface area (Å²) in [5, 5.41) is 3.89. The van der Waals surface area contributed by atoms with Gasteiger partial charge in [0.25, 0.3) is 0 Å². The predicted molar refractivity (Wildman–Crippen MR) is 79.5 cm³/mol. The van der Waals surface area contributed by atoms with Crippen LogP contribution in [0.2, 0.25) is 0 Å². The second-order valence-electron chi connectivity index (χ2n) is 4.15. The van der Waals surface area contributed by atoms with Crippen LogP contribution >= 0.6 is 15.9 Å². The van der Waals surface area contributed by atoms with Gasteiger partial charge in [0, 0.05) is 10.0 Å². The lowest BCUT2D eigenvalue weighted by atomic mass is 10.0. The standard InChI is InChI=1S/C15H11BrN2O/c16-12-8-4-7-11(9-12)14-13(15(17)18-19-14)10-5-2-1-3-6-10/h1-9H,(H2,17,18). The molecule has 3 aromatic rings. The molecular weight excluding hydrogens is 304 g/mol. The summed E-state index contributed by atoms with van der Waals surface area (Å²) < 4.78 is 6.38. The number of halogens is 1. The van der Waals surface area contributed by atoms with E-state index in [0.717, 1.165) is 21.2 Å². The fourth-order valence-electron chi connectivity index (χ4n) is 2.01. The van der Waals surface area contributed by atoms with E-state index in [2.05, 4.69) is 21.1 Å². The molecule has 0 saturated carbocycles. The summed E-state index contributed by atoms with van der Waals surface area (Å²) in [4.78, 5) is 0. The lowest BCUT2D eigenvalue weighted by Crippen LogP contribution is -1.88. The van der Waals surface area contributed by atoms with Gasteiger partial charge in [0.05, 0.1) is 5.56 Å². The van der Waals surface area contributed by atoms with Crippen molar-refractivity contribution < 1.29 is 4.52 Å². The van der Waals surface area contributed by atoms with E-state index in [1.54, 1.807) is 0 Å². The van der Waals surface area contributed by atoms with Gasteiger partial charge in [-0.2, -0.15) is 0 Å². The average molecular weight is 315 g/mol. The third-order valence-electron chi connectivity index (χ3n) is 2.87. The second kappa shape index (κ2) is 4.90. The minimum absolute atomic E-state index is 0.404. The molecule has 0 amide bonds. The second-order valence-corrected chi connectivity index (χ2v) is 5.06. The highest BCUT2D eigenvalue weighted by Crippen LogP contribution is 2.36. The van der Waals surface area contributed by atoms with Crippen LogP contribution in [0.15, 0.2) is 63.6 Å². The van der Waals surface area contributed by atoms with E-state index < -0.39 is 0 Å². The van der Waals surface area contributed by atoms with Gasteiger partial charge < -0.3 is 10.3 Å². The molecule has 0 saturated heterocycles. The Balaban J connectivity index is 2.19. The van der Waals surface area contributed by atoms with Gasteiger partial charge in [-0.15, -0.1) is 0 Å². The highest BCUT2D eigenvalue weighted by Gasteiger charge is 2.17. The third kappa shape index (κ3) is 2.27. The molecule has 0 unspecified atom stereocenters. The maximum atomic E-state index is 5.93. The Labute approximate surface area is 119 Å². The smallest absolute Gasteiger partial charge is 0.176 e. The van der Waals surface area contributed by atoms with Crippen LogP contribution in [-0.2, 0) is 0 Å². The van der Waals surface area contributed by atoms with Crippen molar-refractivity contribution >= 4 is 21.7 Å². The Bertz CT molecular complexity index is 707. The van der Waals surface area contributed by atoms with E-state index in [1.807, 2.05) is 54.6 Å². The largest absolute Gasteiger partial charge is 0.380 e. The average Bonchev–Trinajstić information content (AvgIpc) is 2.82. The highest BCUT2D eigenvalue weighted by atomic mass is 79.9. The summed E-state index contributed by atoms with van der Waals surface area (Å²) in [7, 11) is 0. The summed E-state index contributed by atoms with van der Waals surface area (Å²) in [6.07, 6.45) is 0. The minimum Gasteiger partial charge on any atom is -0.380 e. The molecule has 0 aliphatic rings. The molecule has 0 aliphatic heterocycles. The molecule has 94 valence electrons. The van der Waals surface area contributed by atoms with E-state index >= 15 is 0 Å². The van der Waals surface area contributed by atoms with Crippen molar-refractivity contribution in [2.75, 3.05) is 5.73 Å². The van der Waals surface area contributed by atoms with E-state index in [-0.39, 0.29) is 0 Å². The number of nitrogens with two attached hydrogens (primary N) is 1. The van der Waals surface area contributed by atoms with Crippen LogP contribution in [-0.4, -0.2) is 5.16 Å². The Hall–Kier alpha value is -2.07. The van der Waals surface area contributed by atoms with Gasteiger partial charge in [-0.25, -0.2) is 0 Å². The first-order valence-corrected chi connectivity index (χ1v) is 6.61. The van der Waals surface area contributed by atoms with Crippen LogP contribution < -0.4 is 5.73 Å². The quantitative estimate of drug-likeness (QED) is 0.765. The molecule has 3 nitrogen and oxygen atoms in total. The summed E-state index contributed by atoms with van der Waals surface area (Å²) in [5.74, 6) is 1.09. The molecule has 0 atom stereocenters. The van der Waals surface area contributed by atoms with Crippen molar-refractivity contribution in [3.8, 4) is 22.5 Å². The van der Waals surface area contributed by atoms with Gasteiger partial charge in [0.2, 0.25) is 0 Å². The zero-order valence-electron chi connectivity index (χ0n) is 10.0. The predicted octanol–water partition coefficient (Wildman–Crippen LogP) is 4.35. The number of hydrogen-bond acceptors (Lipinski definition) is 3. The van der Waals surface area contributed by atoms with Crippen molar-refractivity contribution in [2.24, 2.45) is 0 Å². The van der Waals surface area contributed by atoms with Crippen molar-refractivity contribution in [2.45, 2.75) is 0 Å². The van der Waals surface area contributed by atoms with E-state index in [1.165, 1.54) is 0 Å². The molecule has 0 bridgehead atoms. The van der Waals surface area contributed by atoms with Gasteiger partial charge in [-0.1, -0.05) is 63.6 Å². The maximum Gasteiger partial charge on any atom is 0.176 e. The summed E-state index contributed by atoms with van der Waals surface area (Å²) in [5.41, 5.74) is 8.70. The number of benzene rings is 2. The molecule has 0 aliphatic carbocycles. The van der Waals surface area contributed by atoms with Gasteiger partial charge >= 0.3 is 0 Å². The maximum absolute atomic E-state index is 5.93. The number of aromatic nitrogens is 1. The fraction of sp³-hybridized carbons (Fsp3) is 0. The van der Waals surface area contributed by atoms with Crippen LogP contribution in [0.25, 0.3) is 22.5 Å². The van der Waals surface area contributed by atoms with Crippen molar-refractivity contribution in [3.63, 3.8) is 0 Å². The van der Waals surface area contributed by atoms with Crippen LogP contribution in [0.4, 0.5) is 5.82 Å². The van der Waals surface area contributed by atoms with Crippen LogP contribution in [0.3, 0.4) is 0 Å². The molecule has 0 fully saturated rings. The first-order valence-electron chi connectivity index (χ1n) is 5.82. The first-order chi connectivity index (χ1) is 9.25. The van der Waals surface area contributed by atoms with Crippen molar-refractivity contribution in [1.29, 1.82) is 0 Å². The van der Waals surface area contributed by atoms with Crippen LogP contribution in [0.5, 0.6) is 0 Å². The Morgan fingerprint density at radius 1 is 0.947 bits per heavy atom.